The Morgan fingerprint density at radius 2 is 2.00 bits per heavy atom. The molecule has 0 bridgehead atoms. The zero-order valence-electron chi connectivity index (χ0n) is 10.4. The summed E-state index contributed by atoms with van der Waals surface area (Å²) in [6.45, 7) is 3.62. The van der Waals surface area contributed by atoms with E-state index in [1.54, 1.807) is 23.9 Å². The van der Waals surface area contributed by atoms with Gasteiger partial charge < -0.3 is 5.11 Å². The molecule has 0 aliphatic heterocycles. The van der Waals surface area contributed by atoms with E-state index < -0.39 is 5.97 Å². The van der Waals surface area contributed by atoms with E-state index in [2.05, 4.69) is 0 Å². The summed E-state index contributed by atoms with van der Waals surface area (Å²) >= 11 is 1.61. The summed E-state index contributed by atoms with van der Waals surface area (Å²) in [4.78, 5) is 13.6. The summed E-state index contributed by atoms with van der Waals surface area (Å²) in [5.41, 5.74) is 0. The minimum absolute atomic E-state index is 0.0812. The van der Waals surface area contributed by atoms with Crippen LogP contribution in [0.25, 0.3) is 0 Å². The number of aliphatic carboxylic acids is 1. The molecule has 0 fully saturated rings. The van der Waals surface area contributed by atoms with Crippen molar-refractivity contribution in [3.63, 3.8) is 0 Å². The van der Waals surface area contributed by atoms with E-state index in [9.17, 15) is 9.18 Å². The maximum absolute atomic E-state index is 12.7. The van der Waals surface area contributed by atoms with Crippen molar-refractivity contribution < 1.29 is 14.3 Å². The molecule has 0 aliphatic carbocycles. The molecule has 100 valence electrons. The van der Waals surface area contributed by atoms with Crippen molar-refractivity contribution >= 4 is 17.7 Å². The lowest BCUT2D eigenvalue weighted by molar-refractivity contribution is -0.138. The van der Waals surface area contributed by atoms with Crippen LogP contribution in [0.2, 0.25) is 0 Å². The topological polar surface area (TPSA) is 40.5 Å². The number of thioether (sulfide) groups is 1. The highest BCUT2D eigenvalue weighted by atomic mass is 32.2. The normalized spacial score (nSPS) is 10.8. The van der Waals surface area contributed by atoms with Crippen LogP contribution >= 0.6 is 11.8 Å². The van der Waals surface area contributed by atoms with E-state index in [1.165, 1.54) is 12.1 Å². The van der Waals surface area contributed by atoms with Crippen molar-refractivity contribution in [2.45, 2.75) is 18.2 Å². The number of carboxylic acids is 1. The maximum atomic E-state index is 12.7. The third-order valence-corrected chi connectivity index (χ3v) is 3.38. The van der Waals surface area contributed by atoms with Gasteiger partial charge in [0.25, 0.3) is 0 Å². The zero-order chi connectivity index (χ0) is 13.4. The van der Waals surface area contributed by atoms with Crippen LogP contribution in [0, 0.1) is 5.82 Å². The lowest BCUT2D eigenvalue weighted by Crippen LogP contribution is -2.32. The van der Waals surface area contributed by atoms with Gasteiger partial charge in [-0.1, -0.05) is 6.92 Å². The van der Waals surface area contributed by atoms with Crippen molar-refractivity contribution in [2.24, 2.45) is 0 Å². The molecule has 0 atom stereocenters. The standard InChI is InChI=1S/C13H18FNO2S/c1-2-7-15(10-13(16)17)8-9-18-12-5-3-11(14)4-6-12/h3-6H,2,7-10H2,1H3,(H,16,17). The highest BCUT2D eigenvalue weighted by Crippen LogP contribution is 2.17. The maximum Gasteiger partial charge on any atom is 0.317 e. The summed E-state index contributed by atoms with van der Waals surface area (Å²) in [7, 11) is 0. The van der Waals surface area contributed by atoms with Crippen LogP contribution in [-0.4, -0.2) is 41.4 Å². The van der Waals surface area contributed by atoms with Crippen LogP contribution in [0.1, 0.15) is 13.3 Å². The van der Waals surface area contributed by atoms with Gasteiger partial charge in [-0.25, -0.2) is 4.39 Å². The van der Waals surface area contributed by atoms with Gasteiger partial charge in [0.15, 0.2) is 0 Å². The average Bonchev–Trinajstić information content (AvgIpc) is 2.31. The van der Waals surface area contributed by atoms with E-state index in [-0.39, 0.29) is 12.4 Å². The Kier molecular flexibility index (Phi) is 6.75. The molecule has 18 heavy (non-hydrogen) atoms. The van der Waals surface area contributed by atoms with Gasteiger partial charge in [0.2, 0.25) is 0 Å². The first-order valence-electron chi connectivity index (χ1n) is 5.94. The molecule has 5 heteroatoms. The molecule has 3 nitrogen and oxygen atoms in total. The van der Waals surface area contributed by atoms with Crippen LogP contribution in [0.3, 0.4) is 0 Å². The highest BCUT2D eigenvalue weighted by molar-refractivity contribution is 7.99. The number of hydrogen-bond donors (Lipinski definition) is 1. The van der Waals surface area contributed by atoms with E-state index >= 15 is 0 Å². The van der Waals surface area contributed by atoms with Crippen molar-refractivity contribution in [1.82, 2.24) is 4.90 Å². The molecule has 0 saturated carbocycles. The largest absolute Gasteiger partial charge is 0.480 e. The number of hydrogen-bond acceptors (Lipinski definition) is 3. The Balaban J connectivity index is 2.33. The molecule has 0 amide bonds. The van der Waals surface area contributed by atoms with Crippen molar-refractivity contribution in [2.75, 3.05) is 25.4 Å². The Bertz CT molecular complexity index is 370. The highest BCUT2D eigenvalue weighted by Gasteiger charge is 2.08. The molecule has 0 radical (unpaired) electrons. The molecule has 1 N–H and O–H groups in total. The molecule has 1 rings (SSSR count). The predicted octanol–water partition coefficient (Wildman–Crippen LogP) is 2.71. The van der Waals surface area contributed by atoms with Gasteiger partial charge in [-0.05, 0) is 37.2 Å². The van der Waals surface area contributed by atoms with Crippen LogP contribution in [-0.2, 0) is 4.79 Å². The zero-order valence-corrected chi connectivity index (χ0v) is 11.3. The lowest BCUT2D eigenvalue weighted by atomic mass is 10.4. The van der Waals surface area contributed by atoms with Gasteiger partial charge in [0, 0.05) is 17.2 Å². The molecule has 1 aromatic rings. The first-order chi connectivity index (χ1) is 8.61. The van der Waals surface area contributed by atoms with Crippen molar-refractivity contribution in [3.8, 4) is 0 Å². The van der Waals surface area contributed by atoms with E-state index in [1.807, 2.05) is 11.8 Å². The molecular formula is C13H18FNO2S. The van der Waals surface area contributed by atoms with E-state index in [0.717, 1.165) is 30.2 Å². The molecule has 0 aromatic heterocycles. The Labute approximate surface area is 111 Å². The van der Waals surface area contributed by atoms with Crippen LogP contribution in [0.4, 0.5) is 4.39 Å². The molecule has 0 unspecified atom stereocenters. The smallest absolute Gasteiger partial charge is 0.317 e. The molecular weight excluding hydrogens is 253 g/mol. The Morgan fingerprint density at radius 3 is 2.56 bits per heavy atom. The van der Waals surface area contributed by atoms with Crippen molar-refractivity contribution in [3.05, 3.63) is 30.1 Å². The second-order valence-corrected chi connectivity index (χ2v) is 5.14. The third-order valence-electron chi connectivity index (χ3n) is 2.39. The fourth-order valence-electron chi connectivity index (χ4n) is 1.60. The summed E-state index contributed by atoms with van der Waals surface area (Å²) in [6.07, 6.45) is 0.939. The number of carbonyl (C=O) groups is 1. The second-order valence-electron chi connectivity index (χ2n) is 3.97. The predicted molar refractivity (Wildman–Crippen MR) is 71.5 cm³/mol. The lowest BCUT2D eigenvalue weighted by Gasteiger charge is -2.18. The van der Waals surface area contributed by atoms with Gasteiger partial charge in [0.1, 0.15) is 5.82 Å². The van der Waals surface area contributed by atoms with Gasteiger partial charge in [-0.2, -0.15) is 0 Å². The van der Waals surface area contributed by atoms with Crippen molar-refractivity contribution in [1.29, 1.82) is 0 Å². The Morgan fingerprint density at radius 1 is 1.33 bits per heavy atom. The number of halogens is 1. The van der Waals surface area contributed by atoms with Gasteiger partial charge in [0.05, 0.1) is 6.54 Å². The Hall–Kier alpha value is -1.07. The van der Waals surface area contributed by atoms with Crippen LogP contribution < -0.4 is 0 Å². The molecule has 0 heterocycles. The fraction of sp³-hybridized carbons (Fsp3) is 0.462. The number of carboxylic acid groups (broad SMARTS) is 1. The minimum atomic E-state index is -0.796. The summed E-state index contributed by atoms with van der Waals surface area (Å²) in [5, 5.41) is 8.77. The fourth-order valence-corrected chi connectivity index (χ4v) is 2.51. The first-order valence-corrected chi connectivity index (χ1v) is 6.93. The van der Waals surface area contributed by atoms with Gasteiger partial charge in [-0.15, -0.1) is 11.8 Å². The number of rotatable bonds is 8. The third kappa shape index (κ3) is 6.02. The molecule has 0 spiro atoms. The monoisotopic (exact) mass is 271 g/mol. The van der Waals surface area contributed by atoms with E-state index in [0.29, 0.717) is 0 Å². The molecule has 0 saturated heterocycles. The van der Waals surface area contributed by atoms with Gasteiger partial charge in [-0.3, -0.25) is 9.69 Å². The number of benzene rings is 1. The van der Waals surface area contributed by atoms with Gasteiger partial charge >= 0.3 is 5.97 Å². The van der Waals surface area contributed by atoms with Crippen LogP contribution in [0.15, 0.2) is 29.2 Å². The number of nitrogens with zero attached hydrogens (tertiary/aromatic N) is 1. The molecule has 0 aliphatic rings. The SMILES string of the molecule is CCCN(CCSc1ccc(F)cc1)CC(=O)O. The van der Waals surface area contributed by atoms with Crippen LogP contribution in [0.5, 0.6) is 0 Å². The van der Waals surface area contributed by atoms with E-state index in [4.69, 9.17) is 5.11 Å². The summed E-state index contributed by atoms with van der Waals surface area (Å²) in [6, 6.07) is 6.34. The summed E-state index contributed by atoms with van der Waals surface area (Å²) < 4.78 is 12.7. The summed E-state index contributed by atoms with van der Waals surface area (Å²) in [5.74, 6) is -0.230. The first kappa shape index (κ1) is 15.0. The quantitative estimate of drug-likeness (QED) is 0.738. The molecule has 1 aromatic carbocycles. The average molecular weight is 271 g/mol. The second kappa shape index (κ2) is 8.11. The minimum Gasteiger partial charge on any atom is -0.480 e.